The maximum atomic E-state index is 12.9. The molecule has 9 nitrogen and oxygen atoms in total. The summed E-state index contributed by atoms with van der Waals surface area (Å²) in [4.78, 5) is 38.1. The first-order valence-electron chi connectivity index (χ1n) is 36.5. The van der Waals surface area contributed by atoms with Crippen LogP contribution in [0.15, 0.2) is 146 Å². The first-order chi connectivity index (χ1) is 44.0. The van der Waals surface area contributed by atoms with Crippen molar-refractivity contribution in [1.29, 1.82) is 0 Å². The van der Waals surface area contributed by atoms with Crippen LogP contribution in [0.2, 0.25) is 0 Å². The molecule has 0 amide bonds. The van der Waals surface area contributed by atoms with Crippen LogP contribution in [0.1, 0.15) is 296 Å². The van der Waals surface area contributed by atoms with Gasteiger partial charge in [-0.05, 0) is 122 Å². The molecular formula is C80H136NO8P. The number of hydrogen-bond acceptors (Lipinski definition) is 8. The fourth-order valence-electron chi connectivity index (χ4n) is 9.78. The Kier molecular flexibility index (Phi) is 66.1. The average molecular weight is 1270 g/mol. The molecule has 0 fully saturated rings. The van der Waals surface area contributed by atoms with Gasteiger partial charge < -0.3 is 27.9 Å². The van der Waals surface area contributed by atoms with Gasteiger partial charge in [0.2, 0.25) is 0 Å². The van der Waals surface area contributed by atoms with E-state index in [0.29, 0.717) is 17.4 Å². The van der Waals surface area contributed by atoms with Crippen molar-refractivity contribution in [3.8, 4) is 0 Å². The fourth-order valence-corrected chi connectivity index (χ4v) is 10.5. The highest BCUT2D eigenvalue weighted by molar-refractivity contribution is 7.45. The predicted octanol–water partition coefficient (Wildman–Crippen LogP) is 23.5. The first kappa shape index (κ1) is 85.9. The van der Waals surface area contributed by atoms with Crippen LogP contribution in [0, 0.1) is 0 Å². The molecule has 0 saturated heterocycles. The number of quaternary nitrogens is 1. The Morgan fingerprint density at radius 3 is 0.967 bits per heavy atom. The standard InChI is InChI=1S/C80H136NO8P/c1-6-8-10-12-14-16-18-20-22-24-26-28-30-32-34-36-37-38-39-40-41-42-43-45-47-49-51-53-55-57-59-61-63-65-67-69-71-73-80(83)89-78(77-88-90(84,85)87-75-74-81(3,4)5)76-86-79(82)72-70-68-66-64-62-60-58-56-54-52-50-48-46-44-35-33-31-29-27-25-23-21-19-17-15-13-11-9-7-2/h8,10,14,16,20,22,25-28,32,34,37-38,40-41,43,45,49,51,55,57,61,63,78H,6-7,9,11-13,15,17-19,21,23-24,29-31,33,35-36,39,42,44,46-48,50,52-54,56,58-60,62,64-77H2,1-5H3/b10-8-,16-14-,22-20-,27-25-,28-26-,34-32-,38-37-,41-40-,45-43-,51-49-,57-55-,63-61-. The molecule has 0 aliphatic carbocycles. The van der Waals surface area contributed by atoms with Gasteiger partial charge in [0.1, 0.15) is 19.8 Å². The number of phosphoric ester groups is 1. The van der Waals surface area contributed by atoms with Gasteiger partial charge in [-0.15, -0.1) is 0 Å². The molecule has 0 radical (unpaired) electrons. The Morgan fingerprint density at radius 1 is 0.356 bits per heavy atom. The summed E-state index contributed by atoms with van der Waals surface area (Å²) in [5, 5.41) is 0. The number of nitrogens with zero attached hydrogens (tertiary/aromatic N) is 1. The predicted molar refractivity (Wildman–Crippen MR) is 387 cm³/mol. The summed E-state index contributed by atoms with van der Waals surface area (Å²) >= 11 is 0. The molecule has 10 heteroatoms. The average Bonchev–Trinajstić information content (AvgIpc) is 3.58. The molecule has 2 atom stereocenters. The molecule has 0 aromatic heterocycles. The molecule has 2 unspecified atom stereocenters. The molecule has 0 aromatic rings. The van der Waals surface area contributed by atoms with Crippen molar-refractivity contribution < 1.29 is 42.1 Å². The molecule has 0 spiro atoms. The summed E-state index contributed by atoms with van der Waals surface area (Å²) in [5.41, 5.74) is 0. The van der Waals surface area contributed by atoms with E-state index >= 15 is 0 Å². The van der Waals surface area contributed by atoms with Gasteiger partial charge >= 0.3 is 11.9 Å². The Morgan fingerprint density at radius 2 is 0.633 bits per heavy atom. The lowest BCUT2D eigenvalue weighted by atomic mass is 10.0. The zero-order chi connectivity index (χ0) is 65.5. The first-order valence-corrected chi connectivity index (χ1v) is 38.0. The molecule has 90 heavy (non-hydrogen) atoms. The number of likely N-dealkylation sites (N-methyl/N-ethyl adjacent to an activating group) is 1. The minimum atomic E-state index is -4.66. The number of esters is 2. The largest absolute Gasteiger partial charge is 0.756 e. The Bertz CT molecular complexity index is 2030. The summed E-state index contributed by atoms with van der Waals surface area (Å²) in [6, 6.07) is 0. The molecule has 0 aromatic carbocycles. The monoisotopic (exact) mass is 1270 g/mol. The number of allylic oxidation sites excluding steroid dienone is 24. The number of phosphoric acid groups is 1. The van der Waals surface area contributed by atoms with Gasteiger partial charge in [0.25, 0.3) is 7.82 Å². The van der Waals surface area contributed by atoms with Gasteiger partial charge in [-0.3, -0.25) is 14.2 Å². The lowest BCUT2D eigenvalue weighted by Gasteiger charge is -2.28. The summed E-state index contributed by atoms with van der Waals surface area (Å²) in [6.07, 6.45) is 102. The Balaban J connectivity index is 4.15. The van der Waals surface area contributed by atoms with E-state index in [4.69, 9.17) is 18.5 Å². The highest BCUT2D eigenvalue weighted by Gasteiger charge is 2.22. The molecule has 514 valence electrons. The molecular weight excluding hydrogens is 1130 g/mol. The number of ether oxygens (including phenoxy) is 2. The number of carbonyl (C=O) groups is 2. The van der Waals surface area contributed by atoms with Gasteiger partial charge in [-0.1, -0.05) is 307 Å². The van der Waals surface area contributed by atoms with Crippen molar-refractivity contribution >= 4 is 19.8 Å². The maximum absolute atomic E-state index is 12.9. The van der Waals surface area contributed by atoms with E-state index in [1.807, 2.05) is 21.1 Å². The summed E-state index contributed by atoms with van der Waals surface area (Å²) in [7, 11) is 1.13. The van der Waals surface area contributed by atoms with Gasteiger partial charge in [-0.2, -0.15) is 0 Å². The van der Waals surface area contributed by atoms with Crippen molar-refractivity contribution in [3.05, 3.63) is 146 Å². The minimum Gasteiger partial charge on any atom is -0.756 e. The van der Waals surface area contributed by atoms with E-state index in [9.17, 15) is 19.0 Å². The Hall–Kier alpha value is -4.11. The lowest BCUT2D eigenvalue weighted by Crippen LogP contribution is -2.37. The lowest BCUT2D eigenvalue weighted by molar-refractivity contribution is -0.870. The van der Waals surface area contributed by atoms with Crippen molar-refractivity contribution in [2.24, 2.45) is 0 Å². The van der Waals surface area contributed by atoms with E-state index in [1.54, 1.807) is 0 Å². The second-order valence-corrected chi connectivity index (χ2v) is 26.6. The van der Waals surface area contributed by atoms with Crippen molar-refractivity contribution in [3.63, 3.8) is 0 Å². The Labute approximate surface area is 554 Å². The third-order valence-electron chi connectivity index (χ3n) is 15.3. The van der Waals surface area contributed by atoms with E-state index in [-0.39, 0.29) is 26.1 Å². The number of rotatable bonds is 66. The zero-order valence-corrected chi connectivity index (χ0v) is 59.4. The highest BCUT2D eigenvalue weighted by atomic mass is 31.2. The minimum absolute atomic E-state index is 0.0441. The topological polar surface area (TPSA) is 111 Å². The van der Waals surface area contributed by atoms with Gasteiger partial charge in [-0.25, -0.2) is 0 Å². The molecule has 0 heterocycles. The smallest absolute Gasteiger partial charge is 0.306 e. The van der Waals surface area contributed by atoms with Crippen molar-refractivity contribution in [2.75, 3.05) is 47.5 Å². The number of hydrogen-bond donors (Lipinski definition) is 0. The van der Waals surface area contributed by atoms with Gasteiger partial charge in [0.15, 0.2) is 6.10 Å². The van der Waals surface area contributed by atoms with Gasteiger partial charge in [0.05, 0.1) is 27.7 Å². The van der Waals surface area contributed by atoms with Crippen LogP contribution in [0.25, 0.3) is 0 Å². The van der Waals surface area contributed by atoms with E-state index in [1.165, 1.54) is 154 Å². The van der Waals surface area contributed by atoms with E-state index in [0.717, 1.165) is 109 Å². The zero-order valence-electron chi connectivity index (χ0n) is 58.5. The third-order valence-corrected chi connectivity index (χ3v) is 16.3. The van der Waals surface area contributed by atoms with Crippen molar-refractivity contribution in [2.45, 2.75) is 302 Å². The van der Waals surface area contributed by atoms with Gasteiger partial charge in [0, 0.05) is 12.8 Å². The molecule has 0 N–H and O–H groups in total. The molecule has 0 rings (SSSR count). The third kappa shape index (κ3) is 72.9. The highest BCUT2D eigenvalue weighted by Crippen LogP contribution is 2.38. The van der Waals surface area contributed by atoms with Crippen LogP contribution in [0.4, 0.5) is 0 Å². The summed E-state index contributed by atoms with van der Waals surface area (Å²) in [5.74, 6) is -0.873. The second-order valence-electron chi connectivity index (χ2n) is 25.2. The quantitative estimate of drug-likeness (QED) is 0.0195. The van der Waals surface area contributed by atoms with Crippen LogP contribution in [0.3, 0.4) is 0 Å². The molecule has 0 saturated carbocycles. The maximum Gasteiger partial charge on any atom is 0.306 e. The summed E-state index contributed by atoms with van der Waals surface area (Å²) < 4.78 is 34.3. The molecule has 0 aliphatic rings. The van der Waals surface area contributed by atoms with Crippen LogP contribution in [0.5, 0.6) is 0 Å². The summed E-state index contributed by atoms with van der Waals surface area (Å²) in [6.45, 7) is 4.10. The van der Waals surface area contributed by atoms with Crippen LogP contribution >= 0.6 is 7.82 Å². The van der Waals surface area contributed by atoms with Crippen molar-refractivity contribution in [1.82, 2.24) is 0 Å². The van der Waals surface area contributed by atoms with Crippen LogP contribution in [-0.2, 0) is 32.7 Å². The molecule has 0 aliphatic heterocycles. The van der Waals surface area contributed by atoms with E-state index < -0.39 is 32.5 Å². The number of carbonyl (C=O) groups excluding carboxylic acids is 2. The normalized spacial score (nSPS) is 14.0. The van der Waals surface area contributed by atoms with E-state index in [2.05, 4.69) is 160 Å². The number of unbranched alkanes of at least 4 members (excludes halogenated alkanes) is 28. The fraction of sp³-hybridized carbons (Fsp3) is 0.675. The molecule has 0 bridgehead atoms. The second kappa shape index (κ2) is 69.2. The van der Waals surface area contributed by atoms with Crippen LogP contribution in [-0.4, -0.2) is 70.0 Å². The van der Waals surface area contributed by atoms with Crippen LogP contribution < -0.4 is 4.89 Å². The SMILES string of the molecule is CC/C=C\C/C=C\C/C=C\C/C=C\C/C=C\C/C=C\C/C=C\C/C=C\C/C=C\C/C=C\C/C=C\CCCCCC(=O)OC(COC(=O)CCCCCCCCCCCCCCCCCCC/C=C\CCCCCCCCCC)COP(=O)([O-])OCC[N+](C)(C)C.